The van der Waals surface area contributed by atoms with Gasteiger partial charge < -0.3 is 10.3 Å². The second kappa shape index (κ2) is 3.54. The maximum Gasteiger partial charge on any atom is 0.309 e. The van der Waals surface area contributed by atoms with Crippen LogP contribution in [0.15, 0.2) is 30.3 Å². The van der Waals surface area contributed by atoms with Crippen LogP contribution in [-0.2, 0) is 4.79 Å². The molecule has 0 aliphatic carbocycles. The van der Waals surface area contributed by atoms with Crippen LogP contribution in [-0.4, -0.2) is 11.4 Å². The van der Waals surface area contributed by atoms with Gasteiger partial charge in [0.2, 0.25) is 0 Å². The van der Waals surface area contributed by atoms with E-state index in [0.717, 1.165) is 16.6 Å². The SMILES string of the molecule is CC(N[C]=O)c1cc2ccccc2[nH]1. The van der Waals surface area contributed by atoms with Gasteiger partial charge in [-0.1, -0.05) is 18.2 Å². The molecule has 3 heteroatoms. The van der Waals surface area contributed by atoms with Crippen molar-refractivity contribution in [2.75, 3.05) is 0 Å². The van der Waals surface area contributed by atoms with E-state index in [0.29, 0.717) is 0 Å². The summed E-state index contributed by atoms with van der Waals surface area (Å²) in [5.41, 5.74) is 2.08. The molecule has 14 heavy (non-hydrogen) atoms. The quantitative estimate of drug-likeness (QED) is 0.708. The normalized spacial score (nSPS) is 12.6. The number of carbonyl (C=O) groups excluding carboxylic acids is 1. The first kappa shape index (κ1) is 8.81. The lowest BCUT2D eigenvalue weighted by Crippen LogP contribution is -2.16. The third kappa shape index (κ3) is 1.48. The molecule has 71 valence electrons. The first-order valence-corrected chi connectivity index (χ1v) is 4.51. The van der Waals surface area contributed by atoms with Gasteiger partial charge in [-0.05, 0) is 24.4 Å². The van der Waals surface area contributed by atoms with Crippen LogP contribution >= 0.6 is 0 Å². The monoisotopic (exact) mass is 187 g/mol. The summed E-state index contributed by atoms with van der Waals surface area (Å²) in [6.45, 7) is 1.91. The Hall–Kier alpha value is -1.77. The van der Waals surface area contributed by atoms with Crippen LogP contribution in [0.3, 0.4) is 0 Å². The van der Waals surface area contributed by atoms with Gasteiger partial charge in [-0.25, -0.2) is 0 Å². The number of H-pyrrole nitrogens is 1. The van der Waals surface area contributed by atoms with Crippen molar-refractivity contribution in [3.05, 3.63) is 36.0 Å². The van der Waals surface area contributed by atoms with Crippen molar-refractivity contribution in [2.45, 2.75) is 13.0 Å². The van der Waals surface area contributed by atoms with Gasteiger partial charge in [0.05, 0.1) is 6.04 Å². The number of fused-ring (bicyclic) bond motifs is 1. The molecule has 0 saturated heterocycles. The third-order valence-electron chi connectivity index (χ3n) is 2.29. The van der Waals surface area contributed by atoms with E-state index in [1.165, 1.54) is 0 Å². The molecule has 0 bridgehead atoms. The lowest BCUT2D eigenvalue weighted by molar-refractivity contribution is 0.528. The molecular formula is C11H11N2O. The predicted molar refractivity (Wildman–Crippen MR) is 55.5 cm³/mol. The number of rotatable bonds is 3. The van der Waals surface area contributed by atoms with E-state index in [1.54, 1.807) is 6.41 Å². The van der Waals surface area contributed by atoms with Gasteiger partial charge in [0.25, 0.3) is 0 Å². The Morgan fingerprint density at radius 1 is 1.43 bits per heavy atom. The van der Waals surface area contributed by atoms with Gasteiger partial charge in [-0.15, -0.1) is 0 Å². The summed E-state index contributed by atoms with van der Waals surface area (Å²) in [6, 6.07) is 10.0. The molecule has 1 unspecified atom stereocenters. The summed E-state index contributed by atoms with van der Waals surface area (Å²) in [7, 11) is 0. The van der Waals surface area contributed by atoms with E-state index in [2.05, 4.69) is 10.3 Å². The Bertz CT molecular complexity index is 414. The Morgan fingerprint density at radius 2 is 2.21 bits per heavy atom. The standard InChI is InChI=1S/C11H11N2O/c1-8(12-7-14)11-6-9-4-2-3-5-10(9)13-11/h2-6,8,13H,1H3,(H,12,14). The van der Waals surface area contributed by atoms with E-state index in [9.17, 15) is 4.79 Å². The molecule has 1 heterocycles. The van der Waals surface area contributed by atoms with Crippen molar-refractivity contribution in [3.63, 3.8) is 0 Å². The molecule has 1 atom stereocenters. The molecule has 2 N–H and O–H groups in total. The number of amides is 1. The van der Waals surface area contributed by atoms with E-state index in [1.807, 2.05) is 37.3 Å². The van der Waals surface area contributed by atoms with Crippen LogP contribution in [0.1, 0.15) is 18.7 Å². The smallest absolute Gasteiger partial charge is 0.309 e. The highest BCUT2D eigenvalue weighted by Crippen LogP contribution is 2.18. The van der Waals surface area contributed by atoms with Crippen molar-refractivity contribution < 1.29 is 4.79 Å². The molecule has 0 aliphatic heterocycles. The van der Waals surface area contributed by atoms with Gasteiger partial charge in [0.1, 0.15) is 0 Å². The fourth-order valence-corrected chi connectivity index (χ4v) is 1.50. The van der Waals surface area contributed by atoms with E-state index in [-0.39, 0.29) is 6.04 Å². The van der Waals surface area contributed by atoms with Crippen LogP contribution in [0.5, 0.6) is 0 Å². The van der Waals surface area contributed by atoms with Crippen molar-refractivity contribution in [2.24, 2.45) is 0 Å². The average molecular weight is 187 g/mol. The molecule has 1 aromatic carbocycles. The largest absolute Gasteiger partial charge is 0.357 e. The Balaban J connectivity index is 2.39. The first-order chi connectivity index (χ1) is 6.81. The van der Waals surface area contributed by atoms with Crippen molar-refractivity contribution in [3.8, 4) is 0 Å². The number of nitrogens with one attached hydrogen (secondary N) is 2. The number of benzene rings is 1. The van der Waals surface area contributed by atoms with E-state index in [4.69, 9.17) is 0 Å². The maximum absolute atomic E-state index is 10.2. The molecule has 2 aromatic rings. The summed E-state index contributed by atoms with van der Waals surface area (Å²) in [6.07, 6.45) is 1.69. The topological polar surface area (TPSA) is 44.9 Å². The summed E-state index contributed by atoms with van der Waals surface area (Å²) in [5, 5.41) is 3.74. The summed E-state index contributed by atoms with van der Waals surface area (Å²) in [5.74, 6) is 0. The van der Waals surface area contributed by atoms with Crippen molar-refractivity contribution >= 4 is 17.3 Å². The molecule has 1 aromatic heterocycles. The lowest BCUT2D eigenvalue weighted by Gasteiger charge is -2.05. The fraction of sp³-hybridized carbons (Fsp3) is 0.182. The second-order valence-corrected chi connectivity index (χ2v) is 3.28. The van der Waals surface area contributed by atoms with E-state index < -0.39 is 0 Å². The van der Waals surface area contributed by atoms with Gasteiger partial charge >= 0.3 is 6.41 Å². The first-order valence-electron chi connectivity index (χ1n) is 4.51. The van der Waals surface area contributed by atoms with Gasteiger partial charge in [0.15, 0.2) is 0 Å². The fourth-order valence-electron chi connectivity index (χ4n) is 1.50. The molecule has 1 radical (unpaired) electrons. The number of hydrogen-bond acceptors (Lipinski definition) is 1. The number of para-hydroxylation sites is 1. The molecule has 0 spiro atoms. The van der Waals surface area contributed by atoms with Crippen molar-refractivity contribution in [1.29, 1.82) is 0 Å². The zero-order valence-corrected chi connectivity index (χ0v) is 7.87. The van der Waals surface area contributed by atoms with Crippen LogP contribution in [0, 0.1) is 0 Å². The predicted octanol–water partition coefficient (Wildman–Crippen LogP) is 1.89. The zero-order valence-electron chi connectivity index (χ0n) is 7.87. The highest BCUT2D eigenvalue weighted by atomic mass is 16.1. The second-order valence-electron chi connectivity index (χ2n) is 3.28. The summed E-state index contributed by atoms with van der Waals surface area (Å²) < 4.78 is 0. The molecule has 0 fully saturated rings. The van der Waals surface area contributed by atoms with Gasteiger partial charge in [-0.2, -0.15) is 0 Å². The van der Waals surface area contributed by atoms with Crippen LogP contribution in [0.2, 0.25) is 0 Å². The maximum atomic E-state index is 10.2. The van der Waals surface area contributed by atoms with Crippen molar-refractivity contribution in [1.82, 2.24) is 10.3 Å². The lowest BCUT2D eigenvalue weighted by atomic mass is 10.2. The Labute approximate surface area is 82.1 Å². The zero-order chi connectivity index (χ0) is 9.97. The molecule has 0 aliphatic rings. The molecular weight excluding hydrogens is 176 g/mol. The van der Waals surface area contributed by atoms with Crippen LogP contribution < -0.4 is 5.32 Å². The highest BCUT2D eigenvalue weighted by molar-refractivity contribution is 5.80. The molecule has 1 amide bonds. The summed E-state index contributed by atoms with van der Waals surface area (Å²) >= 11 is 0. The number of aromatic amines is 1. The third-order valence-corrected chi connectivity index (χ3v) is 2.29. The average Bonchev–Trinajstić information content (AvgIpc) is 2.61. The van der Waals surface area contributed by atoms with E-state index >= 15 is 0 Å². The Morgan fingerprint density at radius 3 is 2.93 bits per heavy atom. The minimum atomic E-state index is -0.0279. The van der Waals surface area contributed by atoms with Crippen LogP contribution in [0.25, 0.3) is 10.9 Å². The number of hydrogen-bond donors (Lipinski definition) is 2. The number of aromatic nitrogens is 1. The summed E-state index contributed by atoms with van der Waals surface area (Å²) in [4.78, 5) is 13.4. The highest BCUT2D eigenvalue weighted by Gasteiger charge is 2.06. The minimum absolute atomic E-state index is 0.0279. The molecule has 0 saturated carbocycles. The Kier molecular flexibility index (Phi) is 2.23. The van der Waals surface area contributed by atoms with Gasteiger partial charge in [0, 0.05) is 11.2 Å². The molecule has 3 nitrogen and oxygen atoms in total. The molecule has 2 rings (SSSR count). The van der Waals surface area contributed by atoms with Gasteiger partial charge in [-0.3, -0.25) is 4.79 Å². The van der Waals surface area contributed by atoms with Crippen LogP contribution in [0.4, 0.5) is 0 Å². The minimum Gasteiger partial charge on any atom is -0.357 e.